The zero-order valence-corrected chi connectivity index (χ0v) is 15.8. The number of imide groups is 1. The fourth-order valence-electron chi connectivity index (χ4n) is 2.85. The highest BCUT2D eigenvalue weighted by atomic mass is 16.5. The van der Waals surface area contributed by atoms with E-state index in [1.54, 1.807) is 12.1 Å². The summed E-state index contributed by atoms with van der Waals surface area (Å²) in [4.78, 5) is 50.0. The number of amides is 3. The Balaban J connectivity index is 1.57. The van der Waals surface area contributed by atoms with Gasteiger partial charge in [-0.25, -0.2) is 4.79 Å². The summed E-state index contributed by atoms with van der Waals surface area (Å²) < 4.78 is 15.0. The summed E-state index contributed by atoms with van der Waals surface area (Å²) in [5.41, 5.74) is 0.465. The molecule has 0 aliphatic carbocycles. The Morgan fingerprint density at radius 1 is 1.14 bits per heavy atom. The van der Waals surface area contributed by atoms with Gasteiger partial charge in [0, 0.05) is 20.3 Å². The molecule has 1 aliphatic rings. The van der Waals surface area contributed by atoms with Gasteiger partial charge in [0.25, 0.3) is 17.7 Å². The van der Waals surface area contributed by atoms with Crippen LogP contribution < -0.4 is 5.32 Å². The molecular formula is C20H20N2O7. The number of fused-ring (bicyclic) bond motifs is 1. The van der Waals surface area contributed by atoms with E-state index in [2.05, 4.69) is 5.32 Å². The van der Waals surface area contributed by atoms with E-state index in [0.29, 0.717) is 18.8 Å². The van der Waals surface area contributed by atoms with Crippen LogP contribution in [0.4, 0.5) is 0 Å². The third-order valence-electron chi connectivity index (χ3n) is 4.31. The van der Waals surface area contributed by atoms with E-state index in [9.17, 15) is 19.2 Å². The number of hydrogen-bond acceptors (Lipinski definition) is 7. The summed E-state index contributed by atoms with van der Waals surface area (Å²) in [5, 5.41) is 2.55. The van der Waals surface area contributed by atoms with Gasteiger partial charge in [0.2, 0.25) is 0 Å². The number of benzene rings is 1. The normalized spacial score (nSPS) is 12.8. The summed E-state index contributed by atoms with van der Waals surface area (Å²) in [6.45, 7) is 0.354. The van der Waals surface area contributed by atoms with Crippen LogP contribution in [0.5, 0.6) is 0 Å². The van der Waals surface area contributed by atoms with E-state index in [0.717, 1.165) is 4.90 Å². The third kappa shape index (κ3) is 4.69. The molecule has 9 heteroatoms. The number of carbonyl (C=O) groups is 4. The minimum atomic E-state index is -0.765. The van der Waals surface area contributed by atoms with Crippen LogP contribution in [-0.4, -0.2) is 55.5 Å². The smallest absolute Gasteiger partial charge is 0.338 e. The Morgan fingerprint density at radius 3 is 2.66 bits per heavy atom. The Hall–Kier alpha value is -3.46. The van der Waals surface area contributed by atoms with Gasteiger partial charge in [0.05, 0.1) is 29.5 Å². The number of methoxy groups -OCH3 is 1. The third-order valence-corrected chi connectivity index (χ3v) is 4.31. The van der Waals surface area contributed by atoms with E-state index in [1.807, 2.05) is 0 Å². The average Bonchev–Trinajstić information content (AvgIpc) is 3.33. The standard InChI is InChI=1S/C20H20N2O7/c1-27-8-3-7-22-18(24)15-6-5-13(10-16(15)19(22)25)20(26)29-12-17(23)21-11-14-4-2-9-28-14/h2,4-6,9-10H,3,7-8,11-12H2,1H3,(H,21,23). The maximum Gasteiger partial charge on any atom is 0.338 e. The molecule has 0 radical (unpaired) electrons. The number of furan rings is 1. The minimum Gasteiger partial charge on any atom is -0.467 e. The molecule has 1 aliphatic heterocycles. The molecule has 3 amide bonds. The lowest BCUT2D eigenvalue weighted by Crippen LogP contribution is -2.31. The summed E-state index contributed by atoms with van der Waals surface area (Å²) in [6, 6.07) is 7.52. The monoisotopic (exact) mass is 400 g/mol. The number of rotatable bonds is 9. The Labute approximate surface area is 166 Å². The van der Waals surface area contributed by atoms with Crippen molar-refractivity contribution in [3.05, 3.63) is 59.0 Å². The second-order valence-corrected chi connectivity index (χ2v) is 6.30. The molecule has 0 saturated heterocycles. The highest BCUT2D eigenvalue weighted by molar-refractivity contribution is 6.21. The topological polar surface area (TPSA) is 115 Å². The molecule has 9 nitrogen and oxygen atoms in total. The molecule has 0 atom stereocenters. The lowest BCUT2D eigenvalue weighted by molar-refractivity contribution is -0.124. The molecule has 0 bridgehead atoms. The van der Waals surface area contributed by atoms with Gasteiger partial charge in [0.1, 0.15) is 5.76 Å². The number of carbonyl (C=O) groups excluding carboxylic acids is 4. The molecule has 1 aromatic carbocycles. The maximum atomic E-state index is 12.5. The Bertz CT molecular complexity index is 921. The fourth-order valence-corrected chi connectivity index (χ4v) is 2.85. The Kier molecular flexibility index (Phi) is 6.40. The van der Waals surface area contributed by atoms with E-state index in [-0.39, 0.29) is 29.8 Å². The van der Waals surface area contributed by atoms with E-state index < -0.39 is 30.3 Å². The first-order valence-corrected chi connectivity index (χ1v) is 8.96. The van der Waals surface area contributed by atoms with Gasteiger partial charge in [-0.05, 0) is 36.8 Å². The van der Waals surface area contributed by atoms with Crippen LogP contribution in [0.1, 0.15) is 43.3 Å². The summed E-state index contributed by atoms with van der Waals surface area (Å²) in [6.07, 6.45) is 2.00. The first-order valence-electron chi connectivity index (χ1n) is 8.96. The Morgan fingerprint density at radius 2 is 1.93 bits per heavy atom. The second kappa shape index (κ2) is 9.16. The van der Waals surface area contributed by atoms with E-state index >= 15 is 0 Å². The van der Waals surface area contributed by atoms with Gasteiger partial charge in [-0.15, -0.1) is 0 Å². The summed E-state index contributed by atoms with van der Waals surface area (Å²) in [7, 11) is 1.54. The van der Waals surface area contributed by atoms with Crippen molar-refractivity contribution in [2.75, 3.05) is 26.9 Å². The predicted molar refractivity (Wildman–Crippen MR) is 99.1 cm³/mol. The van der Waals surface area contributed by atoms with Crippen LogP contribution >= 0.6 is 0 Å². The van der Waals surface area contributed by atoms with Crippen LogP contribution in [0.3, 0.4) is 0 Å². The lowest BCUT2D eigenvalue weighted by Gasteiger charge is -2.12. The van der Waals surface area contributed by atoms with Gasteiger partial charge in [-0.2, -0.15) is 0 Å². The van der Waals surface area contributed by atoms with Crippen molar-refractivity contribution in [2.24, 2.45) is 0 Å². The van der Waals surface area contributed by atoms with Crippen molar-refractivity contribution in [2.45, 2.75) is 13.0 Å². The maximum absolute atomic E-state index is 12.5. The SMILES string of the molecule is COCCCN1C(=O)c2ccc(C(=O)OCC(=O)NCc3ccco3)cc2C1=O. The highest BCUT2D eigenvalue weighted by Gasteiger charge is 2.35. The molecule has 0 saturated carbocycles. The van der Waals surface area contributed by atoms with Crippen LogP contribution in [0, 0.1) is 0 Å². The average molecular weight is 400 g/mol. The van der Waals surface area contributed by atoms with Gasteiger partial charge in [-0.1, -0.05) is 0 Å². The molecule has 3 rings (SSSR count). The quantitative estimate of drug-likeness (QED) is 0.384. The molecule has 1 aromatic heterocycles. The molecule has 152 valence electrons. The van der Waals surface area contributed by atoms with Crippen molar-refractivity contribution >= 4 is 23.7 Å². The predicted octanol–water partition coefficient (Wildman–Crippen LogP) is 1.39. The molecule has 2 aromatic rings. The summed E-state index contributed by atoms with van der Waals surface area (Å²) in [5.74, 6) is -1.56. The molecule has 0 spiro atoms. The largest absolute Gasteiger partial charge is 0.467 e. The molecule has 0 unspecified atom stereocenters. The van der Waals surface area contributed by atoms with Crippen LogP contribution in [0.2, 0.25) is 0 Å². The van der Waals surface area contributed by atoms with Crippen molar-refractivity contribution < 1.29 is 33.1 Å². The number of nitrogens with zero attached hydrogens (tertiary/aromatic N) is 1. The van der Waals surface area contributed by atoms with Crippen molar-refractivity contribution in [1.29, 1.82) is 0 Å². The van der Waals surface area contributed by atoms with Gasteiger partial charge in [-0.3, -0.25) is 19.3 Å². The van der Waals surface area contributed by atoms with Gasteiger partial charge in [0.15, 0.2) is 6.61 Å². The lowest BCUT2D eigenvalue weighted by atomic mass is 10.1. The molecular weight excluding hydrogens is 380 g/mol. The number of esters is 1. The number of ether oxygens (including phenoxy) is 2. The highest BCUT2D eigenvalue weighted by Crippen LogP contribution is 2.24. The zero-order valence-electron chi connectivity index (χ0n) is 15.8. The zero-order chi connectivity index (χ0) is 20.8. The molecule has 2 heterocycles. The van der Waals surface area contributed by atoms with E-state index in [4.69, 9.17) is 13.9 Å². The van der Waals surface area contributed by atoms with Crippen molar-refractivity contribution in [3.8, 4) is 0 Å². The first kappa shape index (κ1) is 20.3. The van der Waals surface area contributed by atoms with Crippen LogP contribution in [0.15, 0.2) is 41.0 Å². The number of nitrogens with one attached hydrogen (secondary N) is 1. The summed E-state index contributed by atoms with van der Waals surface area (Å²) >= 11 is 0. The van der Waals surface area contributed by atoms with Crippen molar-refractivity contribution in [1.82, 2.24) is 10.2 Å². The molecule has 1 N–H and O–H groups in total. The second-order valence-electron chi connectivity index (χ2n) is 6.30. The molecule has 29 heavy (non-hydrogen) atoms. The van der Waals surface area contributed by atoms with Crippen LogP contribution in [0.25, 0.3) is 0 Å². The minimum absolute atomic E-state index is 0.0856. The van der Waals surface area contributed by atoms with Gasteiger partial charge < -0.3 is 19.2 Å². The van der Waals surface area contributed by atoms with Crippen molar-refractivity contribution in [3.63, 3.8) is 0 Å². The first-order chi connectivity index (χ1) is 14.0. The van der Waals surface area contributed by atoms with Crippen LogP contribution in [-0.2, 0) is 20.8 Å². The van der Waals surface area contributed by atoms with E-state index in [1.165, 1.54) is 31.6 Å². The number of hydrogen-bond donors (Lipinski definition) is 1. The molecule has 0 fully saturated rings. The fraction of sp³-hybridized carbons (Fsp3) is 0.300. The van der Waals surface area contributed by atoms with Gasteiger partial charge >= 0.3 is 5.97 Å².